The van der Waals surface area contributed by atoms with Crippen molar-refractivity contribution in [3.8, 4) is 5.75 Å². The molecule has 0 spiro atoms. The van der Waals surface area contributed by atoms with E-state index in [9.17, 15) is 4.79 Å². The van der Waals surface area contributed by atoms with E-state index in [4.69, 9.17) is 10.5 Å². The summed E-state index contributed by atoms with van der Waals surface area (Å²) in [6.45, 7) is 6.24. The van der Waals surface area contributed by atoms with Gasteiger partial charge in [-0.3, -0.25) is 4.79 Å². The van der Waals surface area contributed by atoms with Crippen molar-refractivity contribution in [1.82, 2.24) is 14.9 Å². The molecule has 2 aromatic rings. The number of amides is 1. The number of nitrogens with two attached hydrogens (primary N) is 1. The molecule has 0 bridgehead atoms. The Morgan fingerprint density at radius 1 is 1.27 bits per heavy atom. The van der Waals surface area contributed by atoms with E-state index < -0.39 is 0 Å². The second kappa shape index (κ2) is 8.07. The van der Waals surface area contributed by atoms with Crippen LogP contribution in [0.3, 0.4) is 0 Å². The van der Waals surface area contributed by atoms with Gasteiger partial charge in [0, 0.05) is 36.3 Å². The van der Waals surface area contributed by atoms with Crippen LogP contribution in [0.15, 0.2) is 36.8 Å². The lowest BCUT2D eigenvalue weighted by Gasteiger charge is -2.30. The lowest BCUT2D eigenvalue weighted by Crippen LogP contribution is -2.29. The van der Waals surface area contributed by atoms with E-state index in [2.05, 4.69) is 53.2 Å². The number of anilines is 1. The van der Waals surface area contributed by atoms with Gasteiger partial charge in [0.05, 0.1) is 5.57 Å². The van der Waals surface area contributed by atoms with Crippen molar-refractivity contribution in [1.29, 1.82) is 0 Å². The molecule has 1 fully saturated rings. The summed E-state index contributed by atoms with van der Waals surface area (Å²) >= 11 is 0. The topological polar surface area (TPSA) is 93.4 Å². The number of rotatable bonds is 4. The molecule has 3 N–H and O–H groups in total. The molecule has 2 aliphatic rings. The standard InChI is InChI=1S/C23H29N5O2/c1-23(2)13-16-11-19(27-22(29)18(14-24)21-25-7-4-8-26-21)17(12-20(16)30-23)15-5-9-28(3)10-6-15/h4,7-8,11-12,14-15H,5-6,9-10,13,24H2,1-3H3,(H,27,29). The number of carbonyl (C=O) groups excluding carboxylic acids is 1. The molecular formula is C23H29N5O2. The van der Waals surface area contributed by atoms with Crippen molar-refractivity contribution < 1.29 is 9.53 Å². The van der Waals surface area contributed by atoms with Crippen molar-refractivity contribution in [3.63, 3.8) is 0 Å². The highest BCUT2D eigenvalue weighted by atomic mass is 16.5. The van der Waals surface area contributed by atoms with Gasteiger partial charge in [-0.1, -0.05) is 0 Å². The molecule has 0 unspecified atom stereocenters. The van der Waals surface area contributed by atoms with Gasteiger partial charge in [0.15, 0.2) is 5.82 Å². The van der Waals surface area contributed by atoms with Crippen LogP contribution in [0.2, 0.25) is 0 Å². The fraction of sp³-hybridized carbons (Fsp3) is 0.435. The highest BCUT2D eigenvalue weighted by Gasteiger charge is 2.33. The Morgan fingerprint density at radius 3 is 2.63 bits per heavy atom. The molecule has 0 radical (unpaired) electrons. The molecule has 158 valence electrons. The molecule has 7 heteroatoms. The van der Waals surface area contributed by atoms with Gasteiger partial charge in [-0.2, -0.15) is 0 Å². The smallest absolute Gasteiger partial charge is 0.260 e. The molecule has 1 amide bonds. The van der Waals surface area contributed by atoms with Gasteiger partial charge in [0.25, 0.3) is 5.91 Å². The third kappa shape index (κ3) is 4.16. The van der Waals surface area contributed by atoms with Crippen molar-refractivity contribution in [2.24, 2.45) is 5.73 Å². The number of likely N-dealkylation sites (tertiary alicyclic amines) is 1. The molecule has 0 saturated carbocycles. The highest BCUT2D eigenvalue weighted by Crippen LogP contribution is 2.42. The lowest BCUT2D eigenvalue weighted by molar-refractivity contribution is -0.111. The normalized spacial score (nSPS) is 19.2. The summed E-state index contributed by atoms with van der Waals surface area (Å²) in [5.74, 6) is 1.29. The zero-order chi connectivity index (χ0) is 21.3. The van der Waals surface area contributed by atoms with Crippen LogP contribution < -0.4 is 15.8 Å². The minimum Gasteiger partial charge on any atom is -0.487 e. The van der Waals surface area contributed by atoms with Crippen LogP contribution in [0.25, 0.3) is 5.57 Å². The molecule has 1 aromatic heterocycles. The molecule has 0 atom stereocenters. The zero-order valence-corrected chi connectivity index (χ0v) is 17.8. The molecule has 7 nitrogen and oxygen atoms in total. The first-order chi connectivity index (χ1) is 14.4. The maximum Gasteiger partial charge on any atom is 0.260 e. The Balaban J connectivity index is 1.67. The number of nitrogens with zero attached hydrogens (tertiary/aromatic N) is 3. The van der Waals surface area contributed by atoms with Crippen LogP contribution in [0, 0.1) is 0 Å². The van der Waals surface area contributed by atoms with E-state index in [1.165, 1.54) is 6.20 Å². The molecule has 3 heterocycles. The monoisotopic (exact) mass is 407 g/mol. The maximum atomic E-state index is 13.1. The number of benzene rings is 1. The van der Waals surface area contributed by atoms with E-state index in [-0.39, 0.29) is 17.1 Å². The maximum absolute atomic E-state index is 13.1. The Kier molecular flexibility index (Phi) is 5.47. The number of carbonyl (C=O) groups is 1. The molecule has 0 aliphatic carbocycles. The highest BCUT2D eigenvalue weighted by molar-refractivity contribution is 6.24. The van der Waals surface area contributed by atoms with Crippen LogP contribution in [0.4, 0.5) is 5.69 Å². The Morgan fingerprint density at radius 2 is 1.97 bits per heavy atom. The number of hydrogen-bond donors (Lipinski definition) is 2. The van der Waals surface area contributed by atoms with Crippen molar-refractivity contribution >= 4 is 17.2 Å². The van der Waals surface area contributed by atoms with Crippen molar-refractivity contribution in [2.45, 2.75) is 44.6 Å². The fourth-order valence-electron chi connectivity index (χ4n) is 4.31. The number of fused-ring (bicyclic) bond motifs is 1. The Bertz CT molecular complexity index is 963. The van der Waals surface area contributed by atoms with Crippen LogP contribution >= 0.6 is 0 Å². The van der Waals surface area contributed by atoms with Crippen LogP contribution in [-0.4, -0.2) is 46.5 Å². The molecule has 30 heavy (non-hydrogen) atoms. The Hall–Kier alpha value is -2.93. The SMILES string of the molecule is CN1CCC(c2cc3c(cc2NC(=O)C(=CN)c2ncccn2)CC(C)(C)O3)CC1. The predicted octanol–water partition coefficient (Wildman–Crippen LogP) is 2.94. The largest absolute Gasteiger partial charge is 0.487 e. The quantitative estimate of drug-likeness (QED) is 0.757. The summed E-state index contributed by atoms with van der Waals surface area (Å²) in [5.41, 5.74) is 8.82. The summed E-state index contributed by atoms with van der Waals surface area (Å²) in [7, 11) is 2.14. The summed E-state index contributed by atoms with van der Waals surface area (Å²) in [6.07, 6.45) is 7.35. The first-order valence-electron chi connectivity index (χ1n) is 10.4. The molecule has 1 aromatic carbocycles. The Labute approximate surface area is 177 Å². The first-order valence-corrected chi connectivity index (χ1v) is 10.4. The fourth-order valence-corrected chi connectivity index (χ4v) is 4.31. The van der Waals surface area contributed by atoms with Gasteiger partial charge in [0.2, 0.25) is 0 Å². The van der Waals surface area contributed by atoms with Gasteiger partial charge >= 0.3 is 0 Å². The van der Waals surface area contributed by atoms with Crippen LogP contribution in [0.5, 0.6) is 5.75 Å². The van der Waals surface area contributed by atoms with Gasteiger partial charge in [-0.05, 0) is 76.5 Å². The minimum atomic E-state index is -0.309. The average Bonchev–Trinajstić information content (AvgIpc) is 3.02. The second-order valence-corrected chi connectivity index (χ2v) is 8.77. The van der Waals surface area contributed by atoms with E-state index in [0.29, 0.717) is 11.7 Å². The zero-order valence-electron chi connectivity index (χ0n) is 17.8. The van der Waals surface area contributed by atoms with E-state index in [1.54, 1.807) is 18.5 Å². The molecular weight excluding hydrogens is 378 g/mol. The molecule has 2 aliphatic heterocycles. The summed E-state index contributed by atoms with van der Waals surface area (Å²) < 4.78 is 6.17. The average molecular weight is 408 g/mol. The van der Waals surface area contributed by atoms with E-state index in [0.717, 1.165) is 54.9 Å². The van der Waals surface area contributed by atoms with E-state index >= 15 is 0 Å². The van der Waals surface area contributed by atoms with Gasteiger partial charge in [-0.15, -0.1) is 0 Å². The summed E-state index contributed by atoms with van der Waals surface area (Å²) in [6, 6.07) is 5.89. The van der Waals surface area contributed by atoms with Gasteiger partial charge in [-0.25, -0.2) is 9.97 Å². The second-order valence-electron chi connectivity index (χ2n) is 8.77. The predicted molar refractivity (Wildman–Crippen MR) is 117 cm³/mol. The number of hydrogen-bond acceptors (Lipinski definition) is 6. The van der Waals surface area contributed by atoms with Crippen LogP contribution in [0.1, 0.15) is 49.6 Å². The molecule has 4 rings (SSSR count). The number of nitrogens with one attached hydrogen (secondary N) is 1. The minimum absolute atomic E-state index is 0.241. The lowest BCUT2D eigenvalue weighted by atomic mass is 9.87. The van der Waals surface area contributed by atoms with E-state index in [1.807, 2.05) is 0 Å². The number of aromatic nitrogens is 2. The summed E-state index contributed by atoms with van der Waals surface area (Å²) in [4.78, 5) is 23.7. The van der Waals surface area contributed by atoms with Crippen molar-refractivity contribution in [2.75, 3.05) is 25.5 Å². The first kappa shape index (κ1) is 20.3. The summed E-state index contributed by atoms with van der Waals surface area (Å²) in [5, 5.41) is 3.09. The van der Waals surface area contributed by atoms with Gasteiger partial charge < -0.3 is 20.7 Å². The van der Waals surface area contributed by atoms with Crippen molar-refractivity contribution in [3.05, 3.63) is 53.7 Å². The van der Waals surface area contributed by atoms with Crippen LogP contribution in [-0.2, 0) is 11.2 Å². The third-order valence-corrected chi connectivity index (χ3v) is 5.86. The number of piperidine rings is 1. The van der Waals surface area contributed by atoms with Gasteiger partial charge in [0.1, 0.15) is 11.4 Å². The number of ether oxygens (including phenoxy) is 1. The molecule has 1 saturated heterocycles. The third-order valence-electron chi connectivity index (χ3n) is 5.86.